The average molecular weight is 208 g/mol. The monoisotopic (exact) mass is 208 g/mol. The second-order valence-corrected chi connectivity index (χ2v) is 3.91. The molecule has 1 rings (SSSR count). The van der Waals surface area contributed by atoms with E-state index in [-0.39, 0.29) is 12.8 Å². The lowest BCUT2D eigenvalue weighted by Crippen LogP contribution is -2.63. The van der Waals surface area contributed by atoms with Crippen LogP contribution in [0.15, 0.2) is 0 Å². The molecule has 6 heteroatoms. The van der Waals surface area contributed by atoms with Crippen LogP contribution in [-0.4, -0.2) is 42.6 Å². The first-order valence-electron chi connectivity index (χ1n) is 4.55. The highest BCUT2D eigenvalue weighted by molar-refractivity contribution is 4.93. The van der Waals surface area contributed by atoms with E-state index >= 15 is 0 Å². The van der Waals surface area contributed by atoms with E-state index in [9.17, 15) is 0 Å². The van der Waals surface area contributed by atoms with Crippen LogP contribution in [0.1, 0.15) is 32.1 Å². The molecule has 84 valence electrons. The van der Waals surface area contributed by atoms with Gasteiger partial charge in [-0.25, -0.2) is 0 Å². The Morgan fingerprint density at radius 3 is 1.21 bits per heavy atom. The van der Waals surface area contributed by atoms with Crippen molar-refractivity contribution in [1.29, 1.82) is 0 Å². The van der Waals surface area contributed by atoms with Crippen LogP contribution in [0.25, 0.3) is 0 Å². The molecule has 1 fully saturated rings. The van der Waals surface area contributed by atoms with Gasteiger partial charge in [0.1, 0.15) is 5.41 Å². The summed E-state index contributed by atoms with van der Waals surface area (Å²) in [4.78, 5) is 0. The van der Waals surface area contributed by atoms with Crippen molar-refractivity contribution in [2.24, 2.45) is 5.41 Å². The van der Waals surface area contributed by atoms with E-state index < -0.39 is 17.4 Å². The van der Waals surface area contributed by atoms with E-state index in [1.165, 1.54) is 0 Å². The summed E-state index contributed by atoms with van der Waals surface area (Å²) in [6.07, 6.45) is 1.60. The van der Waals surface area contributed by atoms with Crippen molar-refractivity contribution in [2.75, 3.05) is 0 Å². The molecule has 0 amide bonds. The second kappa shape index (κ2) is 3.41. The number of rotatable bonds is 2. The van der Waals surface area contributed by atoms with Gasteiger partial charge in [-0.05, 0) is 12.8 Å². The van der Waals surface area contributed by atoms with Gasteiger partial charge in [-0.2, -0.15) is 0 Å². The summed E-state index contributed by atoms with van der Waals surface area (Å²) in [5.74, 6) is -6.60. The van der Waals surface area contributed by atoms with E-state index in [1.807, 2.05) is 0 Å². The molecule has 0 aromatic carbocycles. The van der Waals surface area contributed by atoms with Gasteiger partial charge in [-0.15, -0.1) is 0 Å². The Labute approximate surface area is 81.1 Å². The topological polar surface area (TPSA) is 121 Å². The Balaban J connectivity index is 3.01. The van der Waals surface area contributed by atoms with Crippen molar-refractivity contribution in [2.45, 2.75) is 44.1 Å². The molecule has 1 aliphatic rings. The lowest BCUT2D eigenvalue weighted by atomic mass is 9.70. The van der Waals surface area contributed by atoms with Crippen molar-refractivity contribution in [1.82, 2.24) is 0 Å². The first-order chi connectivity index (χ1) is 6.21. The third-order valence-electron chi connectivity index (χ3n) is 2.99. The summed E-state index contributed by atoms with van der Waals surface area (Å²) in [5.41, 5.74) is -2.11. The summed E-state index contributed by atoms with van der Waals surface area (Å²) < 4.78 is 0. The van der Waals surface area contributed by atoms with Crippen molar-refractivity contribution >= 4 is 0 Å². The zero-order valence-electron chi connectivity index (χ0n) is 7.72. The Kier molecular flexibility index (Phi) is 2.88. The van der Waals surface area contributed by atoms with Crippen LogP contribution in [0.5, 0.6) is 0 Å². The first kappa shape index (κ1) is 11.8. The van der Waals surface area contributed by atoms with E-state index in [1.54, 1.807) is 0 Å². The van der Waals surface area contributed by atoms with Gasteiger partial charge in [0, 0.05) is 0 Å². The van der Waals surface area contributed by atoms with Gasteiger partial charge in [0.05, 0.1) is 0 Å². The molecule has 1 saturated carbocycles. The normalized spacial score (nSPS) is 23.6. The molecular weight excluding hydrogens is 192 g/mol. The highest BCUT2D eigenvalue weighted by atomic mass is 16.7. The molecule has 0 atom stereocenters. The van der Waals surface area contributed by atoms with Crippen LogP contribution < -0.4 is 0 Å². The molecule has 0 aromatic heterocycles. The zero-order valence-corrected chi connectivity index (χ0v) is 7.72. The summed E-state index contributed by atoms with van der Waals surface area (Å²) in [6.45, 7) is 0. The average Bonchev–Trinajstić information content (AvgIpc) is 2.02. The summed E-state index contributed by atoms with van der Waals surface area (Å²) in [5, 5.41) is 54.4. The Hall–Kier alpha value is -0.240. The van der Waals surface area contributed by atoms with Gasteiger partial charge in [-0.3, -0.25) is 0 Å². The minimum Gasteiger partial charge on any atom is -0.343 e. The SMILES string of the molecule is OC(O)(O)C1(C(O)(O)O)CCCCC1. The molecule has 1 aliphatic carbocycles. The summed E-state index contributed by atoms with van der Waals surface area (Å²) in [7, 11) is 0. The molecule has 0 aliphatic heterocycles. The zero-order chi connectivity index (χ0) is 11.0. The Bertz CT molecular complexity index is 179. The largest absolute Gasteiger partial charge is 0.343 e. The van der Waals surface area contributed by atoms with E-state index in [0.717, 1.165) is 6.42 Å². The summed E-state index contributed by atoms with van der Waals surface area (Å²) >= 11 is 0. The molecule has 14 heavy (non-hydrogen) atoms. The van der Waals surface area contributed by atoms with Gasteiger partial charge in [0.2, 0.25) is 0 Å². The van der Waals surface area contributed by atoms with E-state index in [2.05, 4.69) is 0 Å². The van der Waals surface area contributed by atoms with Crippen LogP contribution in [0, 0.1) is 5.41 Å². The quantitative estimate of drug-likeness (QED) is 0.298. The van der Waals surface area contributed by atoms with E-state index in [4.69, 9.17) is 30.6 Å². The summed E-state index contributed by atoms with van der Waals surface area (Å²) in [6, 6.07) is 0. The van der Waals surface area contributed by atoms with Gasteiger partial charge in [0.25, 0.3) is 11.9 Å². The lowest BCUT2D eigenvalue weighted by Gasteiger charge is -2.46. The van der Waals surface area contributed by atoms with Crippen molar-refractivity contribution in [3.05, 3.63) is 0 Å². The maximum absolute atomic E-state index is 9.06. The van der Waals surface area contributed by atoms with Gasteiger partial charge < -0.3 is 30.6 Å². The third kappa shape index (κ3) is 1.77. The predicted molar refractivity (Wildman–Crippen MR) is 44.3 cm³/mol. The van der Waals surface area contributed by atoms with Crippen LogP contribution in [0.4, 0.5) is 0 Å². The van der Waals surface area contributed by atoms with E-state index in [0.29, 0.717) is 12.8 Å². The minimum atomic E-state index is -3.30. The fourth-order valence-electron chi connectivity index (χ4n) is 2.05. The van der Waals surface area contributed by atoms with Gasteiger partial charge >= 0.3 is 0 Å². The highest BCUT2D eigenvalue weighted by Crippen LogP contribution is 2.48. The lowest BCUT2D eigenvalue weighted by molar-refractivity contribution is -0.486. The Morgan fingerprint density at radius 2 is 1.00 bits per heavy atom. The standard InChI is InChI=1S/C8H16O6/c9-7(10,11)6(8(12,13)14)4-2-1-3-5-6/h9-14H,1-5H2. The molecule has 6 nitrogen and oxygen atoms in total. The fraction of sp³-hybridized carbons (Fsp3) is 1.00. The minimum absolute atomic E-state index is 0.0694. The van der Waals surface area contributed by atoms with Crippen molar-refractivity contribution in [3.8, 4) is 0 Å². The molecule has 0 saturated heterocycles. The third-order valence-corrected chi connectivity index (χ3v) is 2.99. The molecular formula is C8H16O6. The predicted octanol–water partition coefficient (Wildman–Crippen LogP) is -1.80. The maximum Gasteiger partial charge on any atom is 0.289 e. The van der Waals surface area contributed by atoms with Gasteiger partial charge in [-0.1, -0.05) is 19.3 Å². The molecule has 6 N–H and O–H groups in total. The molecule has 0 heterocycles. The van der Waals surface area contributed by atoms with Crippen LogP contribution in [-0.2, 0) is 0 Å². The molecule has 0 radical (unpaired) electrons. The van der Waals surface area contributed by atoms with Crippen LogP contribution >= 0.6 is 0 Å². The maximum atomic E-state index is 9.06. The first-order valence-corrected chi connectivity index (χ1v) is 4.55. The van der Waals surface area contributed by atoms with Crippen molar-refractivity contribution in [3.63, 3.8) is 0 Å². The number of hydrogen-bond acceptors (Lipinski definition) is 6. The smallest absolute Gasteiger partial charge is 0.289 e. The van der Waals surface area contributed by atoms with Crippen LogP contribution in [0.3, 0.4) is 0 Å². The second-order valence-electron chi connectivity index (χ2n) is 3.91. The fourth-order valence-corrected chi connectivity index (χ4v) is 2.05. The molecule has 0 bridgehead atoms. The Morgan fingerprint density at radius 1 is 0.643 bits per heavy atom. The van der Waals surface area contributed by atoms with Crippen LogP contribution in [0.2, 0.25) is 0 Å². The molecule has 0 spiro atoms. The molecule has 0 unspecified atom stereocenters. The highest BCUT2D eigenvalue weighted by Gasteiger charge is 2.62. The number of hydrogen-bond donors (Lipinski definition) is 6. The van der Waals surface area contributed by atoms with Crippen molar-refractivity contribution < 1.29 is 30.6 Å². The van der Waals surface area contributed by atoms with Gasteiger partial charge in [0.15, 0.2) is 0 Å². The molecule has 0 aromatic rings. The number of aliphatic hydroxyl groups is 6.